The maximum Gasteiger partial charge on any atom is 0.128 e. The van der Waals surface area contributed by atoms with E-state index < -0.39 is 0 Å². The molecule has 2 heterocycles. The first-order valence-electron chi connectivity index (χ1n) is 16.2. The van der Waals surface area contributed by atoms with Crippen molar-refractivity contribution in [2.24, 2.45) is 0 Å². The summed E-state index contributed by atoms with van der Waals surface area (Å²) < 4.78 is 15.8. The van der Waals surface area contributed by atoms with Crippen LogP contribution in [0.2, 0.25) is 0 Å². The minimum absolute atomic E-state index is 0.744. The second-order valence-electron chi connectivity index (χ2n) is 11.4. The van der Waals surface area contributed by atoms with Crippen LogP contribution in [-0.4, -0.2) is 13.2 Å². The van der Waals surface area contributed by atoms with Crippen LogP contribution in [0.5, 0.6) is 11.5 Å². The van der Waals surface area contributed by atoms with Gasteiger partial charge >= 0.3 is 0 Å². The zero-order valence-electron chi connectivity index (χ0n) is 25.5. The lowest BCUT2D eigenvalue weighted by Crippen LogP contribution is -2.02. The molecule has 0 aliphatic carbocycles. The molecule has 0 aliphatic rings. The Balaban J connectivity index is 1.45. The van der Waals surface area contributed by atoms with Crippen molar-refractivity contribution in [3.63, 3.8) is 0 Å². The first kappa shape index (κ1) is 30.6. The number of thiophene rings is 2. The standard InChI is InChI=1S/C38H46O2S2/c1-3-5-7-9-11-17-23-39-33-27-32(38-26-30-20-14-16-22-36(30)42-38)34(40-24-18-12-10-8-6-4-2)28-31(33)37-25-29-19-13-15-21-35(29)41-37/h13-16,19-22,25-28H,3-12,17-18,23-24H2,1-2H3. The highest BCUT2D eigenvalue weighted by Crippen LogP contribution is 2.46. The summed E-state index contributed by atoms with van der Waals surface area (Å²) in [6.07, 6.45) is 15.1. The zero-order valence-corrected chi connectivity index (χ0v) is 27.1. The second kappa shape index (κ2) is 16.1. The van der Waals surface area contributed by atoms with Gasteiger partial charge in [-0.05, 0) is 60.0 Å². The van der Waals surface area contributed by atoms with E-state index in [0.29, 0.717) is 0 Å². The van der Waals surface area contributed by atoms with Crippen molar-refractivity contribution in [3.8, 4) is 32.4 Å². The molecule has 5 rings (SSSR count). The molecule has 2 nitrogen and oxygen atoms in total. The van der Waals surface area contributed by atoms with E-state index in [2.05, 4.69) is 86.6 Å². The monoisotopic (exact) mass is 598 g/mol. The van der Waals surface area contributed by atoms with E-state index in [1.165, 1.54) is 94.1 Å². The molecule has 0 aliphatic heterocycles. The van der Waals surface area contributed by atoms with Crippen molar-refractivity contribution >= 4 is 42.8 Å². The number of unbranched alkanes of at least 4 members (excludes halogenated alkanes) is 10. The lowest BCUT2D eigenvalue weighted by atomic mass is 10.0. The molecule has 0 spiro atoms. The Hall–Kier alpha value is -2.82. The normalized spacial score (nSPS) is 11.5. The third kappa shape index (κ3) is 8.17. The highest BCUT2D eigenvalue weighted by Gasteiger charge is 2.19. The van der Waals surface area contributed by atoms with Gasteiger partial charge < -0.3 is 9.47 Å². The van der Waals surface area contributed by atoms with E-state index in [9.17, 15) is 0 Å². The van der Waals surface area contributed by atoms with Crippen LogP contribution < -0.4 is 9.47 Å². The van der Waals surface area contributed by atoms with E-state index >= 15 is 0 Å². The highest BCUT2D eigenvalue weighted by atomic mass is 32.1. The summed E-state index contributed by atoms with van der Waals surface area (Å²) >= 11 is 3.68. The molecular formula is C38H46O2S2. The van der Waals surface area contributed by atoms with Gasteiger partial charge in [0.2, 0.25) is 0 Å². The van der Waals surface area contributed by atoms with E-state index in [1.807, 2.05) is 22.7 Å². The Kier molecular flexibility index (Phi) is 11.8. The Labute approximate surface area is 260 Å². The number of hydrogen-bond donors (Lipinski definition) is 0. The van der Waals surface area contributed by atoms with Crippen LogP contribution in [0.1, 0.15) is 90.9 Å². The quantitative estimate of drug-likeness (QED) is 0.0934. The van der Waals surface area contributed by atoms with Gasteiger partial charge in [0.1, 0.15) is 11.5 Å². The molecule has 0 saturated heterocycles. The molecule has 2 aromatic heterocycles. The van der Waals surface area contributed by atoms with Crippen molar-refractivity contribution in [2.45, 2.75) is 90.9 Å². The lowest BCUT2D eigenvalue weighted by molar-refractivity contribution is 0.298. The van der Waals surface area contributed by atoms with Crippen molar-refractivity contribution in [2.75, 3.05) is 13.2 Å². The third-order valence-corrected chi connectivity index (χ3v) is 10.3. The van der Waals surface area contributed by atoms with E-state index in [0.717, 1.165) is 48.7 Å². The number of ether oxygens (including phenoxy) is 2. The Bertz CT molecular complexity index is 1350. The van der Waals surface area contributed by atoms with Gasteiger partial charge in [-0.1, -0.05) is 114 Å². The van der Waals surface area contributed by atoms with Crippen LogP contribution in [0.3, 0.4) is 0 Å². The van der Waals surface area contributed by atoms with Gasteiger partial charge in [0.05, 0.1) is 13.2 Å². The van der Waals surface area contributed by atoms with Gasteiger partial charge in [-0.25, -0.2) is 0 Å². The summed E-state index contributed by atoms with van der Waals surface area (Å²) in [5.41, 5.74) is 2.29. The summed E-state index contributed by atoms with van der Waals surface area (Å²) in [5.74, 6) is 1.93. The van der Waals surface area contributed by atoms with Crippen molar-refractivity contribution in [1.29, 1.82) is 0 Å². The molecule has 5 aromatic rings. The third-order valence-electron chi connectivity index (χ3n) is 7.97. The predicted molar refractivity (Wildman–Crippen MR) is 186 cm³/mol. The zero-order chi connectivity index (χ0) is 29.0. The van der Waals surface area contributed by atoms with Crippen LogP contribution >= 0.6 is 22.7 Å². The fourth-order valence-electron chi connectivity index (χ4n) is 5.54. The van der Waals surface area contributed by atoms with Gasteiger partial charge in [0.15, 0.2) is 0 Å². The smallest absolute Gasteiger partial charge is 0.128 e. The molecule has 0 fully saturated rings. The maximum absolute atomic E-state index is 6.62. The van der Waals surface area contributed by atoms with Gasteiger partial charge in [-0.3, -0.25) is 0 Å². The van der Waals surface area contributed by atoms with Crippen LogP contribution in [0.15, 0.2) is 72.8 Å². The number of fused-ring (bicyclic) bond motifs is 2. The molecule has 3 aromatic carbocycles. The van der Waals surface area contributed by atoms with Crippen molar-refractivity contribution < 1.29 is 9.47 Å². The molecule has 222 valence electrons. The van der Waals surface area contributed by atoms with Crippen molar-refractivity contribution in [3.05, 3.63) is 72.8 Å². The first-order chi connectivity index (χ1) is 20.8. The maximum atomic E-state index is 6.62. The molecule has 0 radical (unpaired) electrons. The van der Waals surface area contributed by atoms with Gasteiger partial charge in [-0.15, -0.1) is 22.7 Å². The van der Waals surface area contributed by atoms with Gasteiger partial charge in [0.25, 0.3) is 0 Å². The fraction of sp³-hybridized carbons (Fsp3) is 0.421. The minimum Gasteiger partial charge on any atom is -0.493 e. The summed E-state index contributed by atoms with van der Waals surface area (Å²) in [6.45, 7) is 6.03. The van der Waals surface area contributed by atoms with E-state index in [4.69, 9.17) is 9.47 Å². The largest absolute Gasteiger partial charge is 0.493 e. The predicted octanol–water partition coefficient (Wildman–Crippen LogP) is 12.9. The summed E-state index contributed by atoms with van der Waals surface area (Å²) in [6, 6.07) is 26.5. The molecule has 0 bridgehead atoms. The fourth-order valence-corrected chi connectivity index (χ4v) is 7.71. The van der Waals surface area contributed by atoms with Crippen LogP contribution in [-0.2, 0) is 0 Å². The lowest BCUT2D eigenvalue weighted by Gasteiger charge is -2.17. The molecule has 42 heavy (non-hydrogen) atoms. The highest BCUT2D eigenvalue weighted by molar-refractivity contribution is 7.22. The number of rotatable bonds is 18. The first-order valence-corrected chi connectivity index (χ1v) is 17.8. The summed E-state index contributed by atoms with van der Waals surface area (Å²) in [7, 11) is 0. The molecule has 0 atom stereocenters. The molecule has 0 unspecified atom stereocenters. The average Bonchev–Trinajstić information content (AvgIpc) is 3.65. The van der Waals surface area contributed by atoms with Gasteiger partial charge in [-0.2, -0.15) is 0 Å². The van der Waals surface area contributed by atoms with E-state index in [-0.39, 0.29) is 0 Å². The molecule has 4 heteroatoms. The molecule has 0 saturated carbocycles. The molecular weight excluding hydrogens is 553 g/mol. The van der Waals surface area contributed by atoms with Crippen LogP contribution in [0, 0.1) is 0 Å². The summed E-state index contributed by atoms with van der Waals surface area (Å²) in [5, 5.41) is 2.56. The number of benzene rings is 3. The van der Waals surface area contributed by atoms with Crippen LogP contribution in [0.25, 0.3) is 41.1 Å². The molecule has 0 amide bonds. The Morgan fingerprint density at radius 2 is 0.881 bits per heavy atom. The Morgan fingerprint density at radius 3 is 1.31 bits per heavy atom. The molecule has 0 N–H and O–H groups in total. The SMILES string of the molecule is CCCCCCCCOc1cc(-c2cc3ccccc3s2)c(OCCCCCCCC)cc1-c1cc2ccccc2s1. The average molecular weight is 599 g/mol. The summed E-state index contributed by atoms with van der Waals surface area (Å²) in [4.78, 5) is 2.47. The second-order valence-corrected chi connectivity index (χ2v) is 13.5. The minimum atomic E-state index is 0.744. The topological polar surface area (TPSA) is 18.5 Å². The Morgan fingerprint density at radius 1 is 0.476 bits per heavy atom. The van der Waals surface area contributed by atoms with Crippen molar-refractivity contribution in [1.82, 2.24) is 0 Å². The van der Waals surface area contributed by atoms with E-state index in [1.54, 1.807) is 0 Å². The van der Waals surface area contributed by atoms with Gasteiger partial charge in [0, 0.05) is 30.3 Å². The van der Waals surface area contributed by atoms with Crippen LogP contribution in [0.4, 0.5) is 0 Å². The number of hydrogen-bond acceptors (Lipinski definition) is 4.